The highest BCUT2D eigenvalue weighted by Crippen LogP contribution is 2.30. The van der Waals surface area contributed by atoms with Gasteiger partial charge in [-0.3, -0.25) is 9.59 Å². The highest BCUT2D eigenvalue weighted by molar-refractivity contribution is 6.00. The molecule has 2 rings (SSSR count). The normalized spacial score (nSPS) is 19.5. The topological polar surface area (TPSA) is 79.7 Å². The first-order chi connectivity index (χ1) is 8.13. The maximum atomic E-state index is 11.7. The molecule has 1 atom stereocenters. The van der Waals surface area contributed by atoms with E-state index >= 15 is 0 Å². The minimum atomic E-state index is -0.955. The third kappa shape index (κ3) is 2.06. The van der Waals surface area contributed by atoms with E-state index in [9.17, 15) is 9.59 Å². The zero-order valence-electron chi connectivity index (χ0n) is 9.29. The first-order valence-corrected chi connectivity index (χ1v) is 5.15. The minimum Gasteiger partial charge on any atom is -0.481 e. The van der Waals surface area contributed by atoms with Crippen LogP contribution in [0.4, 0.5) is 5.69 Å². The lowest BCUT2D eigenvalue weighted by atomic mass is 10.1. The van der Waals surface area contributed by atoms with Gasteiger partial charge in [0.2, 0.25) is 11.8 Å². The molecule has 2 heterocycles. The molecule has 1 saturated heterocycles. The van der Waals surface area contributed by atoms with Gasteiger partial charge in [0.15, 0.2) is 0 Å². The largest absolute Gasteiger partial charge is 0.481 e. The first-order valence-electron chi connectivity index (χ1n) is 5.15. The SMILES string of the molecule is COc1ncccc1N1CC(C(=O)O)CC1=O. The van der Waals surface area contributed by atoms with Crippen LogP contribution in [0.5, 0.6) is 5.88 Å². The summed E-state index contributed by atoms with van der Waals surface area (Å²) in [6.07, 6.45) is 1.57. The fraction of sp³-hybridized carbons (Fsp3) is 0.364. The van der Waals surface area contributed by atoms with Gasteiger partial charge in [0, 0.05) is 19.2 Å². The van der Waals surface area contributed by atoms with Gasteiger partial charge in [0.1, 0.15) is 5.69 Å². The number of aromatic nitrogens is 1. The predicted molar refractivity (Wildman–Crippen MR) is 58.9 cm³/mol. The second kappa shape index (κ2) is 4.40. The highest BCUT2D eigenvalue weighted by atomic mass is 16.5. The average molecular weight is 236 g/mol. The Balaban J connectivity index is 2.29. The number of rotatable bonds is 3. The molecule has 0 aliphatic carbocycles. The number of carboxylic acids is 1. The molecular weight excluding hydrogens is 224 g/mol. The van der Waals surface area contributed by atoms with Crippen LogP contribution in [0.15, 0.2) is 18.3 Å². The number of ether oxygens (including phenoxy) is 1. The molecule has 1 aliphatic rings. The molecule has 0 bridgehead atoms. The summed E-state index contributed by atoms with van der Waals surface area (Å²) in [7, 11) is 1.46. The molecule has 17 heavy (non-hydrogen) atoms. The van der Waals surface area contributed by atoms with Crippen molar-refractivity contribution >= 4 is 17.6 Å². The van der Waals surface area contributed by atoms with Gasteiger partial charge in [-0.25, -0.2) is 4.98 Å². The molecule has 0 aromatic carbocycles. The fourth-order valence-corrected chi connectivity index (χ4v) is 1.85. The maximum absolute atomic E-state index is 11.7. The lowest BCUT2D eigenvalue weighted by molar-refractivity contribution is -0.141. The van der Waals surface area contributed by atoms with Gasteiger partial charge in [-0.1, -0.05) is 0 Å². The molecule has 1 aromatic rings. The molecule has 6 nitrogen and oxygen atoms in total. The Labute approximate surface area is 97.8 Å². The lowest BCUT2D eigenvalue weighted by Gasteiger charge is -2.17. The number of amides is 1. The van der Waals surface area contributed by atoms with Crippen LogP contribution in [0.3, 0.4) is 0 Å². The van der Waals surface area contributed by atoms with Crippen molar-refractivity contribution < 1.29 is 19.4 Å². The number of hydrogen-bond donors (Lipinski definition) is 1. The summed E-state index contributed by atoms with van der Waals surface area (Å²) < 4.78 is 5.05. The molecule has 1 unspecified atom stereocenters. The molecule has 1 N–H and O–H groups in total. The lowest BCUT2D eigenvalue weighted by Crippen LogP contribution is -2.26. The smallest absolute Gasteiger partial charge is 0.308 e. The summed E-state index contributed by atoms with van der Waals surface area (Å²) in [4.78, 5) is 28.0. The standard InChI is InChI=1S/C11H12N2O4/c1-17-10-8(3-2-4-12-10)13-6-7(11(15)16)5-9(13)14/h2-4,7H,5-6H2,1H3,(H,15,16). The Morgan fingerprint density at radius 1 is 1.65 bits per heavy atom. The zero-order valence-corrected chi connectivity index (χ0v) is 9.29. The summed E-state index contributed by atoms with van der Waals surface area (Å²) in [6.45, 7) is 0.163. The summed E-state index contributed by atoms with van der Waals surface area (Å²) in [5.74, 6) is -1.51. The van der Waals surface area contributed by atoms with E-state index < -0.39 is 11.9 Å². The molecule has 90 valence electrons. The molecule has 1 amide bonds. The Bertz CT molecular complexity index is 461. The van der Waals surface area contributed by atoms with E-state index in [-0.39, 0.29) is 18.9 Å². The van der Waals surface area contributed by atoms with Crippen LogP contribution < -0.4 is 9.64 Å². The second-order valence-electron chi connectivity index (χ2n) is 3.78. The predicted octanol–water partition coefficient (Wildman–Crippen LogP) is 0.528. The van der Waals surface area contributed by atoms with E-state index in [0.29, 0.717) is 11.6 Å². The van der Waals surface area contributed by atoms with Crippen molar-refractivity contribution in [3.8, 4) is 5.88 Å². The number of nitrogens with zero attached hydrogens (tertiary/aromatic N) is 2. The average Bonchev–Trinajstić information content (AvgIpc) is 2.71. The van der Waals surface area contributed by atoms with Gasteiger partial charge in [0.25, 0.3) is 0 Å². The van der Waals surface area contributed by atoms with Crippen LogP contribution in [0, 0.1) is 5.92 Å². The van der Waals surface area contributed by atoms with Gasteiger partial charge in [-0.05, 0) is 12.1 Å². The monoisotopic (exact) mass is 236 g/mol. The van der Waals surface area contributed by atoms with E-state index in [0.717, 1.165) is 0 Å². The Kier molecular flexibility index (Phi) is 2.95. The zero-order chi connectivity index (χ0) is 12.4. The Morgan fingerprint density at radius 2 is 2.41 bits per heavy atom. The number of hydrogen-bond acceptors (Lipinski definition) is 4. The van der Waals surface area contributed by atoms with Gasteiger partial charge < -0.3 is 14.7 Å². The number of carbonyl (C=O) groups excluding carboxylic acids is 1. The summed E-state index contributed by atoms with van der Waals surface area (Å²) in [5, 5.41) is 8.90. The summed E-state index contributed by atoms with van der Waals surface area (Å²) >= 11 is 0. The van der Waals surface area contributed by atoms with Crippen LogP contribution in [0.25, 0.3) is 0 Å². The molecule has 0 radical (unpaired) electrons. The number of carboxylic acid groups (broad SMARTS) is 1. The van der Waals surface area contributed by atoms with Gasteiger partial charge in [-0.2, -0.15) is 0 Å². The fourth-order valence-electron chi connectivity index (χ4n) is 1.85. The number of pyridine rings is 1. The van der Waals surface area contributed by atoms with E-state index in [4.69, 9.17) is 9.84 Å². The van der Waals surface area contributed by atoms with E-state index in [2.05, 4.69) is 4.98 Å². The van der Waals surface area contributed by atoms with Crippen molar-refractivity contribution in [2.45, 2.75) is 6.42 Å². The molecule has 0 saturated carbocycles. The minimum absolute atomic E-state index is 0.0212. The van der Waals surface area contributed by atoms with Gasteiger partial charge >= 0.3 is 5.97 Å². The van der Waals surface area contributed by atoms with Crippen molar-refractivity contribution in [2.75, 3.05) is 18.6 Å². The van der Waals surface area contributed by atoms with E-state index in [1.165, 1.54) is 12.0 Å². The molecule has 6 heteroatoms. The maximum Gasteiger partial charge on any atom is 0.308 e. The molecule has 1 aliphatic heterocycles. The third-order valence-corrected chi connectivity index (χ3v) is 2.71. The van der Waals surface area contributed by atoms with Crippen LogP contribution >= 0.6 is 0 Å². The number of anilines is 1. The first kappa shape index (κ1) is 11.4. The quantitative estimate of drug-likeness (QED) is 0.827. The second-order valence-corrected chi connectivity index (χ2v) is 3.78. The van der Waals surface area contributed by atoms with Crippen LogP contribution in [-0.4, -0.2) is 35.6 Å². The van der Waals surface area contributed by atoms with Crippen molar-refractivity contribution in [3.05, 3.63) is 18.3 Å². The number of aliphatic carboxylic acids is 1. The number of methoxy groups -OCH3 is 1. The van der Waals surface area contributed by atoms with Crippen molar-refractivity contribution in [3.63, 3.8) is 0 Å². The van der Waals surface area contributed by atoms with Crippen molar-refractivity contribution in [1.82, 2.24) is 4.98 Å². The summed E-state index contributed by atoms with van der Waals surface area (Å²) in [5.41, 5.74) is 0.517. The van der Waals surface area contributed by atoms with E-state index in [1.807, 2.05) is 0 Å². The highest BCUT2D eigenvalue weighted by Gasteiger charge is 2.36. The molecule has 1 fully saturated rings. The Hall–Kier alpha value is -2.11. The summed E-state index contributed by atoms with van der Waals surface area (Å²) in [6, 6.07) is 3.37. The molecule has 0 spiro atoms. The molecule has 1 aromatic heterocycles. The molecular formula is C11H12N2O4. The van der Waals surface area contributed by atoms with Crippen LogP contribution in [-0.2, 0) is 9.59 Å². The van der Waals surface area contributed by atoms with Crippen molar-refractivity contribution in [2.24, 2.45) is 5.92 Å². The van der Waals surface area contributed by atoms with Crippen LogP contribution in [0.1, 0.15) is 6.42 Å². The third-order valence-electron chi connectivity index (χ3n) is 2.71. The van der Waals surface area contributed by atoms with Gasteiger partial charge in [-0.15, -0.1) is 0 Å². The Morgan fingerprint density at radius 3 is 3.00 bits per heavy atom. The van der Waals surface area contributed by atoms with Gasteiger partial charge in [0.05, 0.1) is 13.0 Å². The van der Waals surface area contributed by atoms with Crippen LogP contribution in [0.2, 0.25) is 0 Å². The number of carbonyl (C=O) groups is 2. The van der Waals surface area contributed by atoms with E-state index in [1.54, 1.807) is 18.3 Å². The van der Waals surface area contributed by atoms with Crippen molar-refractivity contribution in [1.29, 1.82) is 0 Å².